The molecule has 0 atom stereocenters. The van der Waals surface area contributed by atoms with Crippen molar-refractivity contribution in [2.45, 2.75) is 18.7 Å². The molecule has 8 heteroatoms. The van der Waals surface area contributed by atoms with E-state index in [2.05, 4.69) is 15.4 Å². The predicted molar refractivity (Wildman–Crippen MR) is 102 cm³/mol. The van der Waals surface area contributed by atoms with E-state index in [0.29, 0.717) is 29.6 Å². The first-order valence-corrected chi connectivity index (χ1v) is 9.61. The van der Waals surface area contributed by atoms with Crippen molar-refractivity contribution in [2.75, 3.05) is 23.7 Å². The molecule has 2 aromatic rings. The number of nitrogens with one attached hydrogen (secondary N) is 3. The quantitative estimate of drug-likeness (QED) is 0.690. The van der Waals surface area contributed by atoms with Crippen LogP contribution in [0.4, 0.5) is 16.2 Å². The maximum atomic E-state index is 12.5. The number of methoxy groups -OCH3 is 1. The lowest BCUT2D eigenvalue weighted by Gasteiger charge is -2.12. The van der Waals surface area contributed by atoms with Crippen LogP contribution in [0.15, 0.2) is 53.4 Å². The van der Waals surface area contributed by atoms with Crippen LogP contribution in [0, 0.1) is 5.92 Å². The number of hydrogen-bond acceptors (Lipinski definition) is 4. The van der Waals surface area contributed by atoms with E-state index >= 15 is 0 Å². The molecule has 0 radical (unpaired) electrons. The molecule has 0 aliphatic heterocycles. The molecule has 0 spiro atoms. The minimum atomic E-state index is -3.77. The fourth-order valence-electron chi connectivity index (χ4n) is 2.12. The lowest BCUT2D eigenvalue weighted by Crippen LogP contribution is -2.31. The van der Waals surface area contributed by atoms with Crippen LogP contribution in [-0.2, 0) is 10.0 Å². The van der Waals surface area contributed by atoms with Crippen LogP contribution in [0.25, 0.3) is 0 Å². The standard InChI is InChI=1S/C18H23N3O4S/c1-13(2)12-19-18(22)20-14-8-10-15(11-9-14)26(23,24)21-16-6-4-5-7-17(16)25-3/h4-11,13,21H,12H2,1-3H3,(H2,19,20,22). The minimum Gasteiger partial charge on any atom is -0.495 e. The van der Waals surface area contributed by atoms with Gasteiger partial charge >= 0.3 is 6.03 Å². The van der Waals surface area contributed by atoms with Crippen molar-refractivity contribution < 1.29 is 17.9 Å². The summed E-state index contributed by atoms with van der Waals surface area (Å²) in [6.45, 7) is 4.55. The topological polar surface area (TPSA) is 96.5 Å². The first-order valence-electron chi connectivity index (χ1n) is 8.12. The summed E-state index contributed by atoms with van der Waals surface area (Å²) in [5.74, 6) is 0.769. The zero-order valence-corrected chi connectivity index (χ0v) is 15.8. The van der Waals surface area contributed by atoms with Crippen LogP contribution in [0.3, 0.4) is 0 Å². The van der Waals surface area contributed by atoms with Gasteiger partial charge < -0.3 is 15.4 Å². The number of anilines is 2. The van der Waals surface area contributed by atoms with Gasteiger partial charge in [0, 0.05) is 12.2 Å². The molecule has 0 saturated heterocycles. The smallest absolute Gasteiger partial charge is 0.319 e. The molecule has 140 valence electrons. The van der Waals surface area contributed by atoms with Crippen LogP contribution in [-0.4, -0.2) is 28.1 Å². The van der Waals surface area contributed by atoms with Gasteiger partial charge in [0.25, 0.3) is 10.0 Å². The summed E-state index contributed by atoms with van der Waals surface area (Å²) in [5.41, 5.74) is 0.854. The van der Waals surface area contributed by atoms with E-state index < -0.39 is 10.0 Å². The van der Waals surface area contributed by atoms with E-state index in [4.69, 9.17) is 4.74 Å². The third-order valence-electron chi connectivity index (χ3n) is 3.44. The van der Waals surface area contributed by atoms with Gasteiger partial charge in [-0.3, -0.25) is 4.72 Å². The molecule has 0 unspecified atom stereocenters. The third-order valence-corrected chi connectivity index (χ3v) is 4.83. The molecule has 0 aromatic heterocycles. The molecule has 0 heterocycles. The summed E-state index contributed by atoms with van der Waals surface area (Å²) in [7, 11) is -2.30. The maximum absolute atomic E-state index is 12.5. The summed E-state index contributed by atoms with van der Waals surface area (Å²) in [6, 6.07) is 12.3. The Bertz CT molecular complexity index is 849. The molecule has 26 heavy (non-hydrogen) atoms. The summed E-state index contributed by atoms with van der Waals surface area (Å²) in [4.78, 5) is 11.8. The van der Waals surface area contributed by atoms with Crippen molar-refractivity contribution in [1.82, 2.24) is 5.32 Å². The third kappa shape index (κ3) is 5.38. The van der Waals surface area contributed by atoms with E-state index in [-0.39, 0.29) is 10.9 Å². The first kappa shape index (κ1) is 19.6. The summed E-state index contributed by atoms with van der Waals surface area (Å²) in [6.07, 6.45) is 0. The van der Waals surface area contributed by atoms with E-state index in [1.165, 1.54) is 31.4 Å². The highest BCUT2D eigenvalue weighted by atomic mass is 32.2. The Morgan fingerprint density at radius 3 is 2.35 bits per heavy atom. The van der Waals surface area contributed by atoms with Gasteiger partial charge in [-0.2, -0.15) is 0 Å². The van der Waals surface area contributed by atoms with E-state index in [1.807, 2.05) is 13.8 Å². The Morgan fingerprint density at radius 1 is 1.08 bits per heavy atom. The second-order valence-corrected chi connectivity index (χ2v) is 7.74. The molecule has 7 nitrogen and oxygen atoms in total. The Kier molecular flexibility index (Phi) is 6.46. The lowest BCUT2D eigenvalue weighted by molar-refractivity contribution is 0.251. The molecule has 0 aliphatic carbocycles. The number of benzene rings is 2. The molecule has 0 fully saturated rings. The molecule has 0 aliphatic rings. The zero-order valence-electron chi connectivity index (χ0n) is 14.9. The van der Waals surface area contributed by atoms with Gasteiger partial charge in [-0.25, -0.2) is 13.2 Å². The van der Waals surface area contributed by atoms with E-state index in [0.717, 1.165) is 0 Å². The number of ether oxygens (including phenoxy) is 1. The van der Waals surface area contributed by atoms with Gasteiger partial charge in [-0.15, -0.1) is 0 Å². The SMILES string of the molecule is COc1ccccc1NS(=O)(=O)c1ccc(NC(=O)NCC(C)C)cc1. The molecule has 0 saturated carbocycles. The first-order chi connectivity index (χ1) is 12.3. The molecular weight excluding hydrogens is 354 g/mol. The second-order valence-electron chi connectivity index (χ2n) is 6.06. The molecule has 0 bridgehead atoms. The summed E-state index contributed by atoms with van der Waals surface area (Å²) >= 11 is 0. The number of amides is 2. The van der Waals surface area contributed by atoms with Crippen molar-refractivity contribution in [2.24, 2.45) is 5.92 Å². The second kappa shape index (κ2) is 8.57. The van der Waals surface area contributed by atoms with Gasteiger partial charge in [-0.05, 0) is 42.3 Å². The molecule has 2 aromatic carbocycles. The van der Waals surface area contributed by atoms with Crippen LogP contribution < -0.4 is 20.1 Å². The normalized spacial score (nSPS) is 11.1. The number of hydrogen-bond donors (Lipinski definition) is 3. The fourth-order valence-corrected chi connectivity index (χ4v) is 3.19. The number of carbonyl (C=O) groups is 1. The van der Waals surface area contributed by atoms with Crippen LogP contribution in [0.5, 0.6) is 5.75 Å². The van der Waals surface area contributed by atoms with Gasteiger partial charge in [0.15, 0.2) is 0 Å². The Balaban J connectivity index is 2.08. The van der Waals surface area contributed by atoms with Crippen molar-refractivity contribution in [3.63, 3.8) is 0 Å². The van der Waals surface area contributed by atoms with Crippen molar-refractivity contribution in [3.05, 3.63) is 48.5 Å². The van der Waals surface area contributed by atoms with Gasteiger partial charge in [0.1, 0.15) is 5.75 Å². The largest absolute Gasteiger partial charge is 0.495 e. The zero-order chi connectivity index (χ0) is 19.2. The average Bonchev–Trinajstić information content (AvgIpc) is 2.60. The number of sulfonamides is 1. The number of urea groups is 1. The predicted octanol–water partition coefficient (Wildman–Crippen LogP) is 3.27. The minimum absolute atomic E-state index is 0.0801. The van der Waals surface area contributed by atoms with Crippen LogP contribution in [0.1, 0.15) is 13.8 Å². The maximum Gasteiger partial charge on any atom is 0.319 e. The van der Waals surface area contributed by atoms with Gasteiger partial charge in [-0.1, -0.05) is 26.0 Å². The monoisotopic (exact) mass is 377 g/mol. The Morgan fingerprint density at radius 2 is 1.73 bits per heavy atom. The molecular formula is C18H23N3O4S. The molecule has 2 amide bonds. The number of para-hydroxylation sites is 2. The van der Waals surface area contributed by atoms with Gasteiger partial charge in [0.05, 0.1) is 17.7 Å². The Hall–Kier alpha value is -2.74. The van der Waals surface area contributed by atoms with E-state index in [9.17, 15) is 13.2 Å². The van der Waals surface area contributed by atoms with Crippen molar-refractivity contribution in [1.29, 1.82) is 0 Å². The van der Waals surface area contributed by atoms with Crippen LogP contribution in [0.2, 0.25) is 0 Å². The average molecular weight is 377 g/mol. The molecule has 3 N–H and O–H groups in total. The van der Waals surface area contributed by atoms with Crippen molar-refractivity contribution in [3.8, 4) is 5.75 Å². The van der Waals surface area contributed by atoms with Crippen molar-refractivity contribution >= 4 is 27.4 Å². The number of carbonyl (C=O) groups excluding carboxylic acids is 1. The summed E-state index contributed by atoms with van der Waals surface area (Å²) < 4.78 is 32.7. The van der Waals surface area contributed by atoms with E-state index in [1.54, 1.807) is 24.3 Å². The lowest BCUT2D eigenvalue weighted by atomic mass is 10.2. The fraction of sp³-hybridized carbons (Fsp3) is 0.278. The number of rotatable bonds is 7. The highest BCUT2D eigenvalue weighted by Crippen LogP contribution is 2.26. The summed E-state index contributed by atoms with van der Waals surface area (Å²) in [5, 5.41) is 5.38. The Labute approximate surface area is 153 Å². The highest BCUT2D eigenvalue weighted by molar-refractivity contribution is 7.92. The van der Waals surface area contributed by atoms with Gasteiger partial charge in [0.2, 0.25) is 0 Å². The van der Waals surface area contributed by atoms with Crippen LogP contribution >= 0.6 is 0 Å². The highest BCUT2D eigenvalue weighted by Gasteiger charge is 2.16. The molecule has 2 rings (SSSR count).